The predicted molar refractivity (Wildman–Crippen MR) is 70.9 cm³/mol. The van der Waals surface area contributed by atoms with Gasteiger partial charge in [-0.25, -0.2) is 4.79 Å². The van der Waals surface area contributed by atoms with Gasteiger partial charge >= 0.3 is 5.63 Å². The maximum absolute atomic E-state index is 11.9. The van der Waals surface area contributed by atoms with Crippen LogP contribution in [0.1, 0.15) is 29.5 Å². The van der Waals surface area contributed by atoms with E-state index in [4.69, 9.17) is 4.42 Å². The number of hydrogen-bond donors (Lipinski definition) is 1. The van der Waals surface area contributed by atoms with Crippen molar-refractivity contribution in [2.75, 3.05) is 0 Å². The van der Waals surface area contributed by atoms with Gasteiger partial charge in [0.05, 0.1) is 5.39 Å². The molecule has 1 N–H and O–H groups in total. The molecule has 0 saturated heterocycles. The summed E-state index contributed by atoms with van der Waals surface area (Å²) in [6.07, 6.45) is 5.26. The predicted octanol–water partition coefficient (Wildman–Crippen LogP) is 3.02. The average molecular weight is 242 g/mol. The fourth-order valence-corrected chi connectivity index (χ4v) is 2.69. The van der Waals surface area contributed by atoms with Crippen molar-refractivity contribution in [2.24, 2.45) is 0 Å². The van der Waals surface area contributed by atoms with Crippen LogP contribution in [-0.4, -0.2) is 5.11 Å². The van der Waals surface area contributed by atoms with Crippen molar-refractivity contribution in [2.45, 2.75) is 25.7 Å². The summed E-state index contributed by atoms with van der Waals surface area (Å²) in [6.45, 7) is 3.66. The minimum absolute atomic E-state index is 0.171. The summed E-state index contributed by atoms with van der Waals surface area (Å²) in [5.41, 5.74) is 2.63. The number of fused-ring (bicyclic) bond motifs is 3. The summed E-state index contributed by atoms with van der Waals surface area (Å²) >= 11 is 0. The second kappa shape index (κ2) is 4.02. The molecule has 0 radical (unpaired) electrons. The van der Waals surface area contributed by atoms with Crippen molar-refractivity contribution in [3.05, 3.63) is 45.8 Å². The van der Waals surface area contributed by atoms with E-state index in [-0.39, 0.29) is 11.4 Å². The monoisotopic (exact) mass is 242 g/mol. The quantitative estimate of drug-likeness (QED) is 0.782. The molecule has 18 heavy (non-hydrogen) atoms. The summed E-state index contributed by atoms with van der Waals surface area (Å²) in [5.74, 6) is 0.171. The molecule has 92 valence electrons. The van der Waals surface area contributed by atoms with E-state index in [1.165, 1.54) is 0 Å². The molecular formula is C15H14O3. The Balaban J connectivity index is 2.44. The van der Waals surface area contributed by atoms with Crippen LogP contribution >= 0.6 is 0 Å². The van der Waals surface area contributed by atoms with E-state index in [0.29, 0.717) is 11.0 Å². The standard InChI is InChI=1S/C15H14O3/c1-2-9-7-12(16)14-10-5-3-4-6-11(10)15(17)18-13(14)8-9/h2,7-8,16H,1,3-6H2. The van der Waals surface area contributed by atoms with Crippen molar-refractivity contribution < 1.29 is 9.52 Å². The molecule has 0 amide bonds. The average Bonchev–Trinajstić information content (AvgIpc) is 2.38. The number of phenols is 1. The van der Waals surface area contributed by atoms with Crippen LogP contribution in [0.15, 0.2) is 27.9 Å². The molecule has 0 saturated carbocycles. The van der Waals surface area contributed by atoms with E-state index in [1.54, 1.807) is 18.2 Å². The largest absolute Gasteiger partial charge is 0.507 e. The van der Waals surface area contributed by atoms with Gasteiger partial charge in [0.2, 0.25) is 0 Å². The summed E-state index contributed by atoms with van der Waals surface area (Å²) < 4.78 is 5.32. The normalized spacial score (nSPS) is 14.4. The zero-order valence-corrected chi connectivity index (χ0v) is 10.0. The van der Waals surface area contributed by atoms with E-state index in [1.807, 2.05) is 0 Å². The van der Waals surface area contributed by atoms with Gasteiger partial charge in [-0.3, -0.25) is 0 Å². The highest BCUT2D eigenvalue weighted by Crippen LogP contribution is 2.33. The van der Waals surface area contributed by atoms with E-state index in [2.05, 4.69) is 6.58 Å². The molecule has 1 aromatic carbocycles. The lowest BCUT2D eigenvalue weighted by molar-refractivity contribution is 0.475. The molecule has 3 rings (SSSR count). The molecule has 0 spiro atoms. The molecular weight excluding hydrogens is 228 g/mol. The lowest BCUT2D eigenvalue weighted by Crippen LogP contribution is -2.15. The van der Waals surface area contributed by atoms with Gasteiger partial charge in [-0.1, -0.05) is 12.7 Å². The van der Waals surface area contributed by atoms with Crippen LogP contribution in [0.3, 0.4) is 0 Å². The Kier molecular flexibility index (Phi) is 2.47. The summed E-state index contributed by atoms with van der Waals surface area (Å²) in [4.78, 5) is 11.9. The van der Waals surface area contributed by atoms with Gasteiger partial charge in [0.15, 0.2) is 0 Å². The molecule has 1 heterocycles. The van der Waals surface area contributed by atoms with Crippen LogP contribution in [0.2, 0.25) is 0 Å². The molecule has 0 bridgehead atoms. The van der Waals surface area contributed by atoms with Crippen molar-refractivity contribution in [1.82, 2.24) is 0 Å². The number of aromatic hydroxyl groups is 1. The zero-order chi connectivity index (χ0) is 12.7. The first-order chi connectivity index (χ1) is 8.70. The lowest BCUT2D eigenvalue weighted by Gasteiger charge is -2.16. The fourth-order valence-electron chi connectivity index (χ4n) is 2.69. The Bertz CT molecular complexity index is 695. The molecule has 0 fully saturated rings. The number of phenolic OH excluding ortho intramolecular Hbond substituents is 1. The van der Waals surface area contributed by atoms with Crippen LogP contribution < -0.4 is 5.63 Å². The molecule has 1 aromatic heterocycles. The van der Waals surface area contributed by atoms with Crippen LogP contribution in [0, 0.1) is 0 Å². The molecule has 0 unspecified atom stereocenters. The van der Waals surface area contributed by atoms with Gasteiger partial charge in [-0.2, -0.15) is 0 Å². The van der Waals surface area contributed by atoms with Crippen molar-refractivity contribution in [3.8, 4) is 5.75 Å². The topological polar surface area (TPSA) is 50.4 Å². The number of benzene rings is 1. The second-order valence-corrected chi connectivity index (χ2v) is 4.67. The smallest absolute Gasteiger partial charge is 0.339 e. The van der Waals surface area contributed by atoms with Gasteiger partial charge in [-0.15, -0.1) is 0 Å². The van der Waals surface area contributed by atoms with Crippen molar-refractivity contribution in [1.29, 1.82) is 0 Å². The molecule has 1 aliphatic rings. The summed E-state index contributed by atoms with van der Waals surface area (Å²) in [7, 11) is 0. The summed E-state index contributed by atoms with van der Waals surface area (Å²) in [6, 6.07) is 3.41. The Morgan fingerprint density at radius 1 is 1.22 bits per heavy atom. The van der Waals surface area contributed by atoms with Crippen LogP contribution in [-0.2, 0) is 12.8 Å². The second-order valence-electron chi connectivity index (χ2n) is 4.67. The third kappa shape index (κ3) is 1.55. The molecule has 1 aliphatic carbocycles. The Hall–Kier alpha value is -2.03. The lowest BCUT2D eigenvalue weighted by atomic mass is 9.90. The fraction of sp³-hybridized carbons (Fsp3) is 0.267. The van der Waals surface area contributed by atoms with Gasteiger partial charge < -0.3 is 9.52 Å². The highest BCUT2D eigenvalue weighted by molar-refractivity contribution is 5.89. The van der Waals surface area contributed by atoms with Crippen LogP contribution in [0.4, 0.5) is 0 Å². The van der Waals surface area contributed by atoms with Crippen LogP contribution in [0.5, 0.6) is 5.75 Å². The van der Waals surface area contributed by atoms with Gasteiger partial charge in [0.25, 0.3) is 0 Å². The highest BCUT2D eigenvalue weighted by Gasteiger charge is 2.20. The first kappa shape index (κ1) is 11.1. The molecule has 2 aromatic rings. The minimum atomic E-state index is -0.266. The Labute approximate surface area is 104 Å². The van der Waals surface area contributed by atoms with Gasteiger partial charge in [0, 0.05) is 5.56 Å². The number of hydrogen-bond acceptors (Lipinski definition) is 3. The van der Waals surface area contributed by atoms with E-state index >= 15 is 0 Å². The molecule has 3 nitrogen and oxygen atoms in total. The SMILES string of the molecule is C=Cc1cc(O)c2c3c(c(=O)oc2c1)CCCC3. The van der Waals surface area contributed by atoms with Gasteiger partial charge in [0.1, 0.15) is 11.3 Å². The van der Waals surface area contributed by atoms with Crippen molar-refractivity contribution >= 4 is 17.0 Å². The number of rotatable bonds is 1. The van der Waals surface area contributed by atoms with E-state index < -0.39 is 0 Å². The first-order valence-electron chi connectivity index (χ1n) is 6.14. The maximum Gasteiger partial charge on any atom is 0.339 e. The molecule has 3 heteroatoms. The van der Waals surface area contributed by atoms with E-state index in [0.717, 1.165) is 42.4 Å². The minimum Gasteiger partial charge on any atom is -0.507 e. The maximum atomic E-state index is 11.9. The third-order valence-electron chi connectivity index (χ3n) is 3.56. The Morgan fingerprint density at radius 3 is 2.67 bits per heavy atom. The van der Waals surface area contributed by atoms with E-state index in [9.17, 15) is 9.90 Å². The molecule has 0 aliphatic heterocycles. The number of aryl methyl sites for hydroxylation is 1. The Morgan fingerprint density at radius 2 is 1.94 bits per heavy atom. The highest BCUT2D eigenvalue weighted by atomic mass is 16.4. The zero-order valence-electron chi connectivity index (χ0n) is 10.0. The van der Waals surface area contributed by atoms with Crippen molar-refractivity contribution in [3.63, 3.8) is 0 Å². The molecule has 0 atom stereocenters. The third-order valence-corrected chi connectivity index (χ3v) is 3.56. The summed E-state index contributed by atoms with van der Waals surface area (Å²) in [5, 5.41) is 10.8. The first-order valence-corrected chi connectivity index (χ1v) is 6.14. The van der Waals surface area contributed by atoms with Crippen LogP contribution in [0.25, 0.3) is 17.0 Å². The van der Waals surface area contributed by atoms with Gasteiger partial charge in [-0.05, 0) is 48.9 Å².